The molecule has 0 bridgehead atoms. The summed E-state index contributed by atoms with van der Waals surface area (Å²) in [5.41, 5.74) is 2.66. The molecule has 2 aliphatic heterocycles. The van der Waals surface area contributed by atoms with Gasteiger partial charge in [0.25, 0.3) is 5.56 Å². The number of benzene rings is 2. The molecule has 0 radical (unpaired) electrons. The third kappa shape index (κ3) is 2.47. The van der Waals surface area contributed by atoms with Crippen LogP contribution in [0.2, 0.25) is 5.02 Å². The SMILES string of the molecule is O=c1c2cc(Cl)ccc2nc2n1CCC2=Cc1ccc2c(c1)OCCO2. The first-order chi connectivity index (χ1) is 12.7. The van der Waals surface area contributed by atoms with E-state index >= 15 is 0 Å². The normalized spacial score (nSPS) is 16.9. The van der Waals surface area contributed by atoms with Crippen LogP contribution in [0, 0.1) is 0 Å². The molecular formula is C20H15ClN2O3. The molecule has 0 amide bonds. The molecule has 3 heterocycles. The third-order valence-corrected chi connectivity index (χ3v) is 4.95. The highest BCUT2D eigenvalue weighted by atomic mass is 35.5. The van der Waals surface area contributed by atoms with E-state index in [0.29, 0.717) is 35.7 Å². The van der Waals surface area contributed by atoms with Gasteiger partial charge in [-0.15, -0.1) is 0 Å². The molecule has 0 saturated carbocycles. The molecule has 3 aromatic rings. The first kappa shape index (κ1) is 15.5. The maximum absolute atomic E-state index is 12.8. The average molecular weight is 367 g/mol. The van der Waals surface area contributed by atoms with E-state index in [0.717, 1.165) is 34.9 Å². The average Bonchev–Trinajstić information content (AvgIpc) is 3.05. The molecule has 2 aromatic carbocycles. The van der Waals surface area contributed by atoms with Crippen molar-refractivity contribution in [2.75, 3.05) is 13.2 Å². The van der Waals surface area contributed by atoms with Crippen LogP contribution in [0.1, 0.15) is 17.8 Å². The van der Waals surface area contributed by atoms with Crippen LogP contribution in [-0.2, 0) is 6.54 Å². The van der Waals surface area contributed by atoms with E-state index < -0.39 is 0 Å². The van der Waals surface area contributed by atoms with Crippen LogP contribution in [-0.4, -0.2) is 22.8 Å². The summed E-state index contributed by atoms with van der Waals surface area (Å²) in [5.74, 6) is 2.24. The van der Waals surface area contributed by atoms with Gasteiger partial charge in [0.1, 0.15) is 19.0 Å². The van der Waals surface area contributed by atoms with Crippen molar-refractivity contribution in [3.05, 3.63) is 63.2 Å². The van der Waals surface area contributed by atoms with Gasteiger partial charge in [0.15, 0.2) is 11.5 Å². The van der Waals surface area contributed by atoms with Gasteiger partial charge in [-0.25, -0.2) is 4.98 Å². The first-order valence-electron chi connectivity index (χ1n) is 8.50. The van der Waals surface area contributed by atoms with Gasteiger partial charge in [0.2, 0.25) is 0 Å². The van der Waals surface area contributed by atoms with Crippen molar-refractivity contribution in [1.29, 1.82) is 0 Å². The molecule has 5 nitrogen and oxygen atoms in total. The Morgan fingerprint density at radius 2 is 1.92 bits per heavy atom. The van der Waals surface area contributed by atoms with Crippen molar-refractivity contribution in [1.82, 2.24) is 9.55 Å². The number of allylic oxidation sites excluding steroid dienone is 1. The highest BCUT2D eigenvalue weighted by Gasteiger charge is 2.21. The highest BCUT2D eigenvalue weighted by molar-refractivity contribution is 6.31. The molecule has 2 aliphatic rings. The van der Waals surface area contributed by atoms with Crippen molar-refractivity contribution in [2.45, 2.75) is 13.0 Å². The predicted molar refractivity (Wildman–Crippen MR) is 101 cm³/mol. The van der Waals surface area contributed by atoms with Gasteiger partial charge in [-0.3, -0.25) is 9.36 Å². The minimum Gasteiger partial charge on any atom is -0.486 e. The van der Waals surface area contributed by atoms with Crippen molar-refractivity contribution >= 4 is 34.2 Å². The number of rotatable bonds is 1. The third-order valence-electron chi connectivity index (χ3n) is 4.72. The lowest BCUT2D eigenvalue weighted by Crippen LogP contribution is -2.20. The van der Waals surface area contributed by atoms with Gasteiger partial charge >= 0.3 is 0 Å². The Morgan fingerprint density at radius 3 is 2.81 bits per heavy atom. The standard InChI is InChI=1S/C20H15ClN2O3/c21-14-2-3-16-15(11-14)20(24)23-6-5-13(19(23)22-16)9-12-1-4-17-18(10-12)26-8-7-25-17/h1-4,9-11H,5-8H2. The fourth-order valence-electron chi connectivity index (χ4n) is 3.48. The fraction of sp³-hybridized carbons (Fsp3) is 0.200. The Kier molecular flexibility index (Phi) is 3.50. The molecular weight excluding hydrogens is 352 g/mol. The fourth-order valence-corrected chi connectivity index (χ4v) is 3.65. The predicted octanol–water partition coefficient (Wildman–Crippen LogP) is 3.77. The molecule has 0 fully saturated rings. The van der Waals surface area contributed by atoms with Crippen LogP contribution in [0.25, 0.3) is 22.6 Å². The van der Waals surface area contributed by atoms with E-state index in [1.165, 1.54) is 0 Å². The Morgan fingerprint density at radius 1 is 1.08 bits per heavy atom. The lowest BCUT2D eigenvalue weighted by Gasteiger charge is -2.18. The maximum Gasteiger partial charge on any atom is 0.261 e. The molecule has 0 saturated heterocycles. The number of ether oxygens (including phenoxy) is 2. The Bertz CT molecular complexity index is 1130. The smallest absolute Gasteiger partial charge is 0.261 e. The number of fused-ring (bicyclic) bond motifs is 3. The largest absolute Gasteiger partial charge is 0.486 e. The molecule has 1 aromatic heterocycles. The number of nitrogens with zero attached hydrogens (tertiary/aromatic N) is 2. The van der Waals surface area contributed by atoms with Gasteiger partial charge < -0.3 is 9.47 Å². The van der Waals surface area contributed by atoms with Gasteiger partial charge in [-0.05, 0) is 54.0 Å². The van der Waals surface area contributed by atoms with Crippen LogP contribution in [0.15, 0.2) is 41.2 Å². The van der Waals surface area contributed by atoms with Crippen molar-refractivity contribution in [3.63, 3.8) is 0 Å². The van der Waals surface area contributed by atoms with Gasteiger partial charge in [0, 0.05) is 11.6 Å². The summed E-state index contributed by atoms with van der Waals surface area (Å²) in [6.45, 7) is 1.76. The van der Waals surface area contributed by atoms with Crippen LogP contribution in [0.5, 0.6) is 11.5 Å². The summed E-state index contributed by atoms with van der Waals surface area (Å²) in [6, 6.07) is 11.1. The number of halogens is 1. The molecule has 0 N–H and O–H groups in total. The zero-order chi connectivity index (χ0) is 17.7. The molecule has 0 unspecified atom stereocenters. The van der Waals surface area contributed by atoms with Crippen molar-refractivity contribution in [3.8, 4) is 11.5 Å². The second kappa shape index (κ2) is 5.88. The molecule has 0 aliphatic carbocycles. The Hall–Kier alpha value is -2.79. The molecule has 26 heavy (non-hydrogen) atoms. The second-order valence-corrected chi connectivity index (χ2v) is 6.81. The number of aromatic nitrogens is 2. The van der Waals surface area contributed by atoms with Gasteiger partial charge in [0.05, 0.1) is 10.9 Å². The summed E-state index contributed by atoms with van der Waals surface area (Å²) >= 11 is 6.03. The van der Waals surface area contributed by atoms with E-state index in [1.807, 2.05) is 18.2 Å². The van der Waals surface area contributed by atoms with E-state index in [-0.39, 0.29) is 5.56 Å². The molecule has 0 spiro atoms. The van der Waals surface area contributed by atoms with Crippen LogP contribution in [0.4, 0.5) is 0 Å². The highest BCUT2D eigenvalue weighted by Crippen LogP contribution is 2.33. The lowest BCUT2D eigenvalue weighted by atomic mass is 10.1. The Labute approximate surface area is 154 Å². The minimum atomic E-state index is -0.0434. The number of hydrogen-bond acceptors (Lipinski definition) is 4. The monoisotopic (exact) mass is 366 g/mol. The Balaban J connectivity index is 1.61. The van der Waals surface area contributed by atoms with E-state index in [1.54, 1.807) is 22.8 Å². The van der Waals surface area contributed by atoms with Crippen LogP contribution >= 0.6 is 11.6 Å². The minimum absolute atomic E-state index is 0.0434. The van der Waals surface area contributed by atoms with Crippen LogP contribution < -0.4 is 15.0 Å². The van der Waals surface area contributed by atoms with Crippen molar-refractivity contribution < 1.29 is 9.47 Å². The quantitative estimate of drug-likeness (QED) is 0.658. The zero-order valence-corrected chi connectivity index (χ0v) is 14.6. The first-order valence-corrected chi connectivity index (χ1v) is 8.87. The van der Waals surface area contributed by atoms with Gasteiger partial charge in [-0.1, -0.05) is 17.7 Å². The van der Waals surface area contributed by atoms with Crippen molar-refractivity contribution in [2.24, 2.45) is 0 Å². The van der Waals surface area contributed by atoms with Crippen LogP contribution in [0.3, 0.4) is 0 Å². The number of hydrogen-bond donors (Lipinski definition) is 0. The zero-order valence-electron chi connectivity index (χ0n) is 13.9. The maximum atomic E-state index is 12.8. The lowest BCUT2D eigenvalue weighted by molar-refractivity contribution is 0.171. The van der Waals surface area contributed by atoms with Gasteiger partial charge in [-0.2, -0.15) is 0 Å². The summed E-state index contributed by atoms with van der Waals surface area (Å²) < 4.78 is 12.9. The van der Waals surface area contributed by atoms with E-state index in [4.69, 9.17) is 26.1 Å². The summed E-state index contributed by atoms with van der Waals surface area (Å²) in [7, 11) is 0. The summed E-state index contributed by atoms with van der Waals surface area (Å²) in [4.78, 5) is 17.5. The molecule has 0 atom stereocenters. The second-order valence-electron chi connectivity index (χ2n) is 6.38. The molecule has 5 rings (SSSR count). The molecule has 130 valence electrons. The van der Waals surface area contributed by atoms with E-state index in [9.17, 15) is 4.79 Å². The summed E-state index contributed by atoms with van der Waals surface area (Å²) in [5, 5.41) is 1.10. The summed E-state index contributed by atoms with van der Waals surface area (Å²) in [6.07, 6.45) is 2.83. The van der Waals surface area contributed by atoms with E-state index in [2.05, 4.69) is 6.08 Å². The molecule has 6 heteroatoms. The topological polar surface area (TPSA) is 53.4 Å².